The van der Waals surface area contributed by atoms with Crippen molar-refractivity contribution in [3.63, 3.8) is 0 Å². The van der Waals surface area contributed by atoms with Crippen molar-refractivity contribution in [2.75, 3.05) is 12.8 Å². The maximum Gasteiger partial charge on any atom is 0.238 e. The summed E-state index contributed by atoms with van der Waals surface area (Å²) in [4.78, 5) is 16.6. The molecule has 2 aromatic rings. The van der Waals surface area contributed by atoms with Gasteiger partial charge in [-0.2, -0.15) is 4.31 Å². The predicted octanol–water partition coefficient (Wildman–Crippen LogP) is 1.18. The summed E-state index contributed by atoms with van der Waals surface area (Å²) in [5.41, 5.74) is 0.952. The van der Waals surface area contributed by atoms with Gasteiger partial charge in [0.05, 0.1) is 19.0 Å². The number of nitrogens with zero attached hydrogens (tertiary/aromatic N) is 2. The molecular formula is C18H21N3O4S. The van der Waals surface area contributed by atoms with Gasteiger partial charge in [-0.25, -0.2) is 8.42 Å². The lowest BCUT2D eigenvalue weighted by atomic mass is 10.1. The lowest BCUT2D eigenvalue weighted by molar-refractivity contribution is -0.124. The van der Waals surface area contributed by atoms with Gasteiger partial charge in [-0.05, 0) is 17.7 Å². The van der Waals surface area contributed by atoms with E-state index in [-0.39, 0.29) is 12.5 Å². The highest BCUT2D eigenvalue weighted by atomic mass is 32.2. The van der Waals surface area contributed by atoms with Crippen molar-refractivity contribution >= 4 is 15.9 Å². The van der Waals surface area contributed by atoms with E-state index in [4.69, 9.17) is 4.74 Å². The zero-order chi connectivity index (χ0) is 18.6. The number of ether oxygens (including phenoxy) is 1. The molecule has 1 amide bonds. The second-order valence-corrected chi connectivity index (χ2v) is 8.15. The van der Waals surface area contributed by atoms with Gasteiger partial charge in [-0.15, -0.1) is 0 Å². The number of benzene rings is 1. The maximum absolute atomic E-state index is 12.6. The molecule has 1 N–H and O–H groups in total. The minimum atomic E-state index is -3.53. The number of nitrogens with one attached hydrogen (secondary N) is 1. The maximum atomic E-state index is 12.6. The fourth-order valence-corrected chi connectivity index (χ4v) is 4.05. The number of amides is 1. The van der Waals surface area contributed by atoms with Gasteiger partial charge in [0.2, 0.25) is 15.9 Å². The normalized spacial score (nSPS) is 20.7. The summed E-state index contributed by atoms with van der Waals surface area (Å²) in [6, 6.07) is 12.2. The molecule has 138 valence electrons. The second kappa shape index (κ2) is 7.84. The Bertz CT molecular complexity index is 843. The van der Waals surface area contributed by atoms with Crippen LogP contribution in [0.4, 0.5) is 0 Å². The summed E-state index contributed by atoms with van der Waals surface area (Å²) in [5, 5.41) is 2.81. The molecule has 2 atom stereocenters. The Hall–Kier alpha value is -2.45. The summed E-state index contributed by atoms with van der Waals surface area (Å²) in [5.74, 6) is 0.229. The van der Waals surface area contributed by atoms with Gasteiger partial charge in [-0.1, -0.05) is 30.3 Å². The van der Waals surface area contributed by atoms with Crippen LogP contribution in [0, 0.1) is 0 Å². The van der Waals surface area contributed by atoms with Crippen molar-refractivity contribution in [3.8, 4) is 5.75 Å². The lowest BCUT2D eigenvalue weighted by Crippen LogP contribution is -2.45. The first-order chi connectivity index (χ1) is 12.4. The minimum absolute atomic E-state index is 0.136. The van der Waals surface area contributed by atoms with Crippen LogP contribution >= 0.6 is 0 Å². The molecule has 1 aliphatic heterocycles. The Morgan fingerprint density at radius 3 is 2.69 bits per heavy atom. The van der Waals surface area contributed by atoms with Gasteiger partial charge >= 0.3 is 0 Å². The highest BCUT2D eigenvalue weighted by Crippen LogP contribution is 2.25. The third kappa shape index (κ3) is 4.59. The molecule has 0 bridgehead atoms. The number of hydrogen-bond acceptors (Lipinski definition) is 5. The smallest absolute Gasteiger partial charge is 0.238 e. The van der Waals surface area contributed by atoms with Crippen molar-refractivity contribution in [1.29, 1.82) is 0 Å². The Kier molecular flexibility index (Phi) is 5.53. The number of aromatic nitrogens is 1. The molecule has 2 heterocycles. The number of hydrogen-bond donors (Lipinski definition) is 1. The van der Waals surface area contributed by atoms with E-state index < -0.39 is 22.2 Å². The molecule has 0 radical (unpaired) electrons. The Balaban J connectivity index is 1.68. The number of rotatable bonds is 6. The molecular weight excluding hydrogens is 354 g/mol. The summed E-state index contributed by atoms with van der Waals surface area (Å²) in [6.07, 6.45) is 4.19. The van der Waals surface area contributed by atoms with Gasteiger partial charge in [-0.3, -0.25) is 9.78 Å². The fraction of sp³-hybridized carbons (Fsp3) is 0.333. The van der Waals surface area contributed by atoms with Crippen molar-refractivity contribution in [2.24, 2.45) is 0 Å². The first-order valence-electron chi connectivity index (χ1n) is 8.28. The minimum Gasteiger partial charge on any atom is -0.487 e. The first kappa shape index (κ1) is 18.3. The quantitative estimate of drug-likeness (QED) is 0.819. The third-order valence-electron chi connectivity index (χ3n) is 4.19. The second-order valence-electron chi connectivity index (χ2n) is 6.22. The molecule has 1 fully saturated rings. The standard InChI is InChI=1S/C18H21N3O4S/c1-26(23,24)21-13-16(25-15-8-5-9-19-12-15)10-17(21)18(22)20-11-14-6-3-2-4-7-14/h2-9,12,16-17H,10-11,13H2,1H3,(H,20,22)/t16-,17-/m0/s1. The zero-order valence-corrected chi connectivity index (χ0v) is 15.2. The van der Waals surface area contributed by atoms with Crippen molar-refractivity contribution in [3.05, 3.63) is 60.4 Å². The zero-order valence-electron chi connectivity index (χ0n) is 14.4. The lowest BCUT2D eigenvalue weighted by Gasteiger charge is -2.20. The van der Waals surface area contributed by atoms with E-state index in [0.717, 1.165) is 11.8 Å². The Morgan fingerprint density at radius 1 is 1.27 bits per heavy atom. The molecule has 1 aromatic heterocycles. The molecule has 1 saturated heterocycles. The van der Waals surface area contributed by atoms with Crippen LogP contribution in [-0.2, 0) is 21.4 Å². The van der Waals surface area contributed by atoms with Crippen LogP contribution in [0.2, 0.25) is 0 Å². The monoisotopic (exact) mass is 375 g/mol. The summed E-state index contributed by atoms with van der Waals surface area (Å²) >= 11 is 0. The molecule has 0 unspecified atom stereocenters. The van der Waals surface area contributed by atoms with Crippen LogP contribution in [-0.4, -0.2) is 48.6 Å². The van der Waals surface area contributed by atoms with Gasteiger partial charge < -0.3 is 10.1 Å². The molecule has 8 heteroatoms. The largest absolute Gasteiger partial charge is 0.487 e. The highest BCUT2D eigenvalue weighted by Gasteiger charge is 2.42. The summed E-state index contributed by atoms with van der Waals surface area (Å²) in [6.45, 7) is 0.485. The molecule has 0 aliphatic carbocycles. The number of carbonyl (C=O) groups is 1. The van der Waals surface area contributed by atoms with Crippen LogP contribution in [0.1, 0.15) is 12.0 Å². The molecule has 7 nitrogen and oxygen atoms in total. The first-order valence-corrected chi connectivity index (χ1v) is 10.1. The van der Waals surface area contributed by atoms with Gasteiger partial charge in [0.1, 0.15) is 17.9 Å². The van der Waals surface area contributed by atoms with E-state index in [1.54, 1.807) is 24.5 Å². The van der Waals surface area contributed by atoms with Crippen LogP contribution in [0.3, 0.4) is 0 Å². The summed E-state index contributed by atoms with van der Waals surface area (Å²) in [7, 11) is -3.53. The highest BCUT2D eigenvalue weighted by molar-refractivity contribution is 7.88. The molecule has 1 aromatic carbocycles. The third-order valence-corrected chi connectivity index (χ3v) is 5.45. The fourth-order valence-electron chi connectivity index (χ4n) is 2.97. The van der Waals surface area contributed by atoms with Crippen molar-refractivity contribution in [2.45, 2.75) is 25.1 Å². The van der Waals surface area contributed by atoms with E-state index >= 15 is 0 Å². The number of pyridine rings is 1. The van der Waals surface area contributed by atoms with E-state index in [1.807, 2.05) is 30.3 Å². The molecule has 26 heavy (non-hydrogen) atoms. The number of carbonyl (C=O) groups excluding carboxylic acids is 1. The Labute approximate surface area is 153 Å². The van der Waals surface area contributed by atoms with Crippen LogP contribution < -0.4 is 10.1 Å². The van der Waals surface area contributed by atoms with Gasteiger partial charge in [0.25, 0.3) is 0 Å². The predicted molar refractivity (Wildman–Crippen MR) is 96.9 cm³/mol. The van der Waals surface area contributed by atoms with E-state index in [0.29, 0.717) is 18.7 Å². The molecule has 0 saturated carbocycles. The average Bonchev–Trinajstić information content (AvgIpc) is 3.06. The van der Waals surface area contributed by atoms with Crippen molar-refractivity contribution in [1.82, 2.24) is 14.6 Å². The van der Waals surface area contributed by atoms with Crippen LogP contribution in [0.5, 0.6) is 5.75 Å². The topological polar surface area (TPSA) is 88.6 Å². The van der Waals surface area contributed by atoms with E-state index in [9.17, 15) is 13.2 Å². The van der Waals surface area contributed by atoms with E-state index in [2.05, 4.69) is 10.3 Å². The van der Waals surface area contributed by atoms with Gasteiger partial charge in [0.15, 0.2) is 0 Å². The van der Waals surface area contributed by atoms with Gasteiger partial charge in [0, 0.05) is 19.2 Å². The summed E-state index contributed by atoms with van der Waals surface area (Å²) < 4.78 is 31.2. The van der Waals surface area contributed by atoms with Crippen LogP contribution in [0.15, 0.2) is 54.9 Å². The average molecular weight is 375 g/mol. The molecule has 1 aliphatic rings. The SMILES string of the molecule is CS(=O)(=O)N1C[C@@H](Oc2cccnc2)C[C@H]1C(=O)NCc1ccccc1. The number of sulfonamides is 1. The Morgan fingerprint density at radius 2 is 2.04 bits per heavy atom. The van der Waals surface area contributed by atoms with Crippen LogP contribution in [0.25, 0.3) is 0 Å². The molecule has 3 rings (SSSR count). The van der Waals surface area contributed by atoms with E-state index in [1.165, 1.54) is 4.31 Å². The van der Waals surface area contributed by atoms with Crippen molar-refractivity contribution < 1.29 is 17.9 Å². The molecule has 0 spiro atoms.